The molecule has 0 unspecified atom stereocenters. The fourth-order valence-corrected chi connectivity index (χ4v) is 5.90. The summed E-state index contributed by atoms with van der Waals surface area (Å²) >= 11 is 0. The van der Waals surface area contributed by atoms with Crippen molar-refractivity contribution in [3.8, 4) is 17.2 Å². The molecule has 0 spiro atoms. The quantitative estimate of drug-likeness (QED) is 0.288. The topological polar surface area (TPSA) is 114 Å². The number of nitrogens with zero attached hydrogens (tertiary/aromatic N) is 2. The van der Waals surface area contributed by atoms with Gasteiger partial charge in [0, 0.05) is 25.6 Å². The van der Waals surface area contributed by atoms with Crippen LogP contribution in [0, 0.1) is 5.92 Å². The van der Waals surface area contributed by atoms with Crippen molar-refractivity contribution in [3.05, 3.63) is 83.9 Å². The van der Waals surface area contributed by atoms with Crippen LogP contribution in [-0.4, -0.2) is 70.3 Å². The Hall–Kier alpha value is -4.25. The fraction of sp³-hybridized carbons (Fsp3) is 0.394. The van der Waals surface area contributed by atoms with Gasteiger partial charge in [0.25, 0.3) is 0 Å². The molecule has 44 heavy (non-hydrogen) atoms. The van der Waals surface area contributed by atoms with Crippen LogP contribution in [-0.2, 0) is 32.6 Å². The van der Waals surface area contributed by atoms with Crippen LogP contribution < -0.4 is 23.8 Å². The van der Waals surface area contributed by atoms with Crippen LogP contribution in [0.15, 0.2) is 72.8 Å². The van der Waals surface area contributed by atoms with Gasteiger partial charge in [-0.25, -0.2) is 8.42 Å². The third-order valence-corrected chi connectivity index (χ3v) is 8.98. The number of nitrogens with one attached hydrogen (secondary N) is 1. The minimum absolute atomic E-state index is 0.0593. The van der Waals surface area contributed by atoms with E-state index in [0.717, 1.165) is 15.4 Å². The molecule has 236 valence electrons. The van der Waals surface area contributed by atoms with Gasteiger partial charge in [-0.05, 0) is 48.2 Å². The van der Waals surface area contributed by atoms with Gasteiger partial charge < -0.3 is 24.4 Å². The van der Waals surface area contributed by atoms with E-state index in [4.69, 9.17) is 14.2 Å². The molecule has 2 amide bonds. The average molecular weight is 624 g/mol. The Labute approximate surface area is 260 Å². The van der Waals surface area contributed by atoms with E-state index in [1.807, 2.05) is 56.3 Å². The minimum Gasteiger partial charge on any atom is -0.497 e. The van der Waals surface area contributed by atoms with Crippen LogP contribution in [0.1, 0.15) is 31.9 Å². The summed E-state index contributed by atoms with van der Waals surface area (Å²) in [5, 5.41) is 2.99. The summed E-state index contributed by atoms with van der Waals surface area (Å²) in [6, 6.07) is 20.6. The van der Waals surface area contributed by atoms with E-state index in [1.54, 1.807) is 37.4 Å². The lowest BCUT2D eigenvalue weighted by atomic mass is 10.0. The SMILES string of the molecule is CCS(=O)(=O)N(CC(=O)N(Cc1cccc(OC)c1)[C@@H](Cc1ccccc1)C(=O)NCC(C)C)c1ccc2c(c1)OCCO2. The zero-order chi connectivity index (χ0) is 31.7. The molecule has 11 heteroatoms. The van der Waals surface area contributed by atoms with E-state index in [0.29, 0.717) is 37.0 Å². The zero-order valence-corrected chi connectivity index (χ0v) is 26.5. The molecular formula is C33H41N3O7S. The normalized spacial score (nSPS) is 13.2. The number of methoxy groups -OCH3 is 1. The number of hydrogen-bond donors (Lipinski definition) is 1. The van der Waals surface area contributed by atoms with Crippen molar-refractivity contribution in [1.29, 1.82) is 0 Å². The maximum atomic E-state index is 14.4. The van der Waals surface area contributed by atoms with Crippen LogP contribution in [0.5, 0.6) is 17.2 Å². The highest BCUT2D eigenvalue weighted by Gasteiger charge is 2.34. The summed E-state index contributed by atoms with van der Waals surface area (Å²) < 4.78 is 44.6. The van der Waals surface area contributed by atoms with Crippen molar-refractivity contribution in [3.63, 3.8) is 0 Å². The monoisotopic (exact) mass is 623 g/mol. The lowest BCUT2D eigenvalue weighted by Gasteiger charge is -2.34. The lowest BCUT2D eigenvalue weighted by Crippen LogP contribution is -2.54. The highest BCUT2D eigenvalue weighted by atomic mass is 32.2. The third-order valence-electron chi connectivity index (χ3n) is 7.24. The van der Waals surface area contributed by atoms with E-state index in [1.165, 1.54) is 11.8 Å². The second kappa shape index (κ2) is 15.0. The predicted octanol–water partition coefficient (Wildman–Crippen LogP) is 4.03. The number of rotatable bonds is 14. The van der Waals surface area contributed by atoms with Gasteiger partial charge in [-0.3, -0.25) is 13.9 Å². The largest absolute Gasteiger partial charge is 0.497 e. The molecule has 1 aliphatic rings. The fourth-order valence-electron chi connectivity index (χ4n) is 4.85. The van der Waals surface area contributed by atoms with Gasteiger partial charge >= 0.3 is 0 Å². The standard InChI is InChI=1S/C33H41N3O7S/c1-5-44(39,40)36(27-14-15-30-31(20-27)43-17-16-42-30)23-32(37)35(22-26-12-9-13-28(18-26)41-4)29(33(38)34-21-24(2)3)19-25-10-7-6-8-11-25/h6-15,18,20,24,29H,5,16-17,19,21-23H2,1-4H3,(H,34,38)/t29-/m0/s1. The number of benzene rings is 3. The molecule has 4 rings (SSSR count). The molecule has 0 bridgehead atoms. The number of amides is 2. The number of carbonyl (C=O) groups is 2. The molecule has 0 aliphatic carbocycles. The van der Waals surface area contributed by atoms with E-state index < -0.39 is 28.5 Å². The summed E-state index contributed by atoms with van der Waals surface area (Å²) in [6.45, 7) is 6.21. The Morgan fingerprint density at radius 1 is 0.932 bits per heavy atom. The summed E-state index contributed by atoms with van der Waals surface area (Å²) in [7, 11) is -2.35. The van der Waals surface area contributed by atoms with Crippen molar-refractivity contribution in [2.24, 2.45) is 5.92 Å². The van der Waals surface area contributed by atoms with Crippen molar-refractivity contribution < 1.29 is 32.2 Å². The molecule has 0 saturated carbocycles. The predicted molar refractivity (Wildman–Crippen MR) is 170 cm³/mol. The van der Waals surface area contributed by atoms with Crippen molar-refractivity contribution in [2.45, 2.75) is 39.8 Å². The Bertz CT molecular complexity index is 1530. The maximum absolute atomic E-state index is 14.4. The van der Waals surface area contributed by atoms with Gasteiger partial charge in [0.15, 0.2) is 11.5 Å². The summed E-state index contributed by atoms with van der Waals surface area (Å²) in [6.07, 6.45) is 0.241. The number of sulfonamides is 1. The van der Waals surface area contributed by atoms with Crippen LogP contribution >= 0.6 is 0 Å². The van der Waals surface area contributed by atoms with Gasteiger partial charge in [-0.2, -0.15) is 0 Å². The lowest BCUT2D eigenvalue weighted by molar-refractivity contribution is -0.140. The van der Waals surface area contributed by atoms with Crippen LogP contribution in [0.2, 0.25) is 0 Å². The molecule has 0 fully saturated rings. The molecule has 0 saturated heterocycles. The number of hydrogen-bond acceptors (Lipinski definition) is 7. The van der Waals surface area contributed by atoms with Crippen LogP contribution in [0.25, 0.3) is 0 Å². The maximum Gasteiger partial charge on any atom is 0.244 e. The molecule has 1 heterocycles. The van der Waals surface area contributed by atoms with E-state index >= 15 is 0 Å². The number of anilines is 1. The minimum atomic E-state index is -3.91. The van der Waals surface area contributed by atoms with Crippen LogP contribution in [0.4, 0.5) is 5.69 Å². The molecule has 1 N–H and O–H groups in total. The molecule has 0 radical (unpaired) electrons. The van der Waals surface area contributed by atoms with Crippen molar-refractivity contribution in [2.75, 3.05) is 43.5 Å². The molecule has 1 aliphatic heterocycles. The highest BCUT2D eigenvalue weighted by Crippen LogP contribution is 2.35. The Kier molecular flexibility index (Phi) is 11.1. The summed E-state index contributed by atoms with van der Waals surface area (Å²) in [4.78, 5) is 29.6. The van der Waals surface area contributed by atoms with E-state index in [2.05, 4.69) is 5.32 Å². The van der Waals surface area contributed by atoms with Crippen LogP contribution in [0.3, 0.4) is 0 Å². The van der Waals surface area contributed by atoms with E-state index in [9.17, 15) is 18.0 Å². The molecule has 1 atom stereocenters. The Morgan fingerprint density at radius 3 is 2.32 bits per heavy atom. The first-order valence-corrected chi connectivity index (χ1v) is 16.4. The number of carbonyl (C=O) groups excluding carboxylic acids is 2. The second-order valence-electron chi connectivity index (χ2n) is 11.0. The molecule has 3 aromatic rings. The Morgan fingerprint density at radius 2 is 1.64 bits per heavy atom. The van der Waals surface area contributed by atoms with Gasteiger partial charge in [-0.1, -0.05) is 56.3 Å². The van der Waals surface area contributed by atoms with E-state index in [-0.39, 0.29) is 36.2 Å². The first-order valence-electron chi connectivity index (χ1n) is 14.7. The number of ether oxygens (including phenoxy) is 3. The third kappa shape index (κ3) is 8.43. The number of fused-ring (bicyclic) bond motifs is 1. The zero-order valence-electron chi connectivity index (χ0n) is 25.7. The first-order chi connectivity index (χ1) is 21.1. The molecule has 0 aromatic heterocycles. The van der Waals surface area contributed by atoms with Gasteiger partial charge in [-0.15, -0.1) is 0 Å². The second-order valence-corrected chi connectivity index (χ2v) is 13.1. The summed E-state index contributed by atoms with van der Waals surface area (Å²) in [5.74, 6) is 0.630. The van der Waals surface area contributed by atoms with Gasteiger partial charge in [0.2, 0.25) is 21.8 Å². The smallest absolute Gasteiger partial charge is 0.244 e. The van der Waals surface area contributed by atoms with Crippen molar-refractivity contribution in [1.82, 2.24) is 10.2 Å². The molecule has 10 nitrogen and oxygen atoms in total. The highest BCUT2D eigenvalue weighted by molar-refractivity contribution is 7.92. The van der Waals surface area contributed by atoms with Crippen molar-refractivity contribution >= 4 is 27.5 Å². The Balaban J connectivity index is 1.75. The van der Waals surface area contributed by atoms with Gasteiger partial charge in [0.05, 0.1) is 18.6 Å². The first kappa shape index (κ1) is 32.7. The summed E-state index contributed by atoms with van der Waals surface area (Å²) in [5.41, 5.74) is 1.87. The molecular weight excluding hydrogens is 582 g/mol. The average Bonchev–Trinajstić information content (AvgIpc) is 3.04. The van der Waals surface area contributed by atoms with Gasteiger partial charge in [0.1, 0.15) is 31.5 Å². The molecule has 3 aromatic carbocycles.